The zero-order chi connectivity index (χ0) is 28.5. The summed E-state index contributed by atoms with van der Waals surface area (Å²) < 4.78 is 19.2. The van der Waals surface area contributed by atoms with Gasteiger partial charge in [0, 0.05) is 12.6 Å². The van der Waals surface area contributed by atoms with E-state index in [1.807, 2.05) is 6.07 Å². The standard InChI is InChI=1S/C27H34N3O8P/c28-22(31)16-21(24(32)33)29-25(34)27(13-7-8-14-27)18-39(36,37)23(15-19-9-3-1-4-10-19)30-26(35)38-17-20-11-5-2-6-12-20/h1-6,9-12,21,23H,7-8,13-18H2,(H2,28,31)(H,29,34)(H,30,35)(H,32,33)(H,36,37)/t21-,23+/m0/s1. The highest BCUT2D eigenvalue weighted by Gasteiger charge is 2.49. The molecule has 12 heteroatoms. The normalized spacial score (nSPS) is 17.3. The van der Waals surface area contributed by atoms with Gasteiger partial charge in [-0.05, 0) is 24.0 Å². The van der Waals surface area contributed by atoms with Crippen molar-refractivity contribution in [2.45, 2.75) is 57.0 Å². The number of carboxylic acid groups (broad SMARTS) is 1. The number of hydrogen-bond donors (Lipinski definition) is 5. The summed E-state index contributed by atoms with van der Waals surface area (Å²) in [5, 5.41) is 14.3. The SMILES string of the molecule is NC(=O)C[C@H](NC(=O)C1(CP(=O)(O)[C@H](Cc2ccccc2)NC(=O)OCc2ccccc2)CCCC1)C(=O)O. The molecule has 1 fully saturated rings. The number of primary amides is 1. The van der Waals surface area contributed by atoms with Gasteiger partial charge in [0.25, 0.3) is 0 Å². The van der Waals surface area contributed by atoms with Gasteiger partial charge >= 0.3 is 12.1 Å². The van der Waals surface area contributed by atoms with Crippen molar-refractivity contribution < 1.29 is 38.5 Å². The van der Waals surface area contributed by atoms with Crippen molar-refractivity contribution in [2.24, 2.45) is 11.1 Å². The summed E-state index contributed by atoms with van der Waals surface area (Å²) in [7, 11) is -4.29. The Hall–Kier alpha value is -3.69. The lowest BCUT2D eigenvalue weighted by molar-refractivity contribution is -0.144. The van der Waals surface area contributed by atoms with E-state index in [0.29, 0.717) is 18.4 Å². The molecule has 0 bridgehead atoms. The maximum Gasteiger partial charge on any atom is 0.408 e. The van der Waals surface area contributed by atoms with Crippen LogP contribution in [-0.4, -0.2) is 51.9 Å². The number of carbonyl (C=O) groups is 4. The number of nitrogens with one attached hydrogen (secondary N) is 2. The van der Waals surface area contributed by atoms with E-state index in [4.69, 9.17) is 10.5 Å². The molecule has 1 aliphatic carbocycles. The summed E-state index contributed by atoms with van der Waals surface area (Å²) in [5.41, 5.74) is 5.21. The Bertz CT molecular complexity index is 1200. The smallest absolute Gasteiger partial charge is 0.408 e. The minimum absolute atomic E-state index is 0.00613. The van der Waals surface area contributed by atoms with E-state index in [-0.39, 0.29) is 25.9 Å². The fourth-order valence-corrected chi connectivity index (χ4v) is 7.15. The van der Waals surface area contributed by atoms with Crippen LogP contribution in [-0.2, 0) is 36.7 Å². The third-order valence-electron chi connectivity index (χ3n) is 6.84. The average Bonchev–Trinajstić information content (AvgIpc) is 3.36. The van der Waals surface area contributed by atoms with Crippen LogP contribution >= 0.6 is 7.37 Å². The Morgan fingerprint density at radius 3 is 2.05 bits per heavy atom. The first kappa shape index (κ1) is 29.9. The molecule has 2 aromatic rings. The van der Waals surface area contributed by atoms with E-state index in [1.54, 1.807) is 54.6 Å². The fraction of sp³-hybridized carbons (Fsp3) is 0.407. The summed E-state index contributed by atoms with van der Waals surface area (Å²) in [6, 6.07) is 16.2. The lowest BCUT2D eigenvalue weighted by Crippen LogP contribution is -2.51. The van der Waals surface area contributed by atoms with Gasteiger partial charge in [0.1, 0.15) is 18.4 Å². The highest BCUT2D eigenvalue weighted by atomic mass is 31.2. The highest BCUT2D eigenvalue weighted by Crippen LogP contribution is 2.55. The van der Waals surface area contributed by atoms with Crippen molar-refractivity contribution >= 4 is 31.2 Å². The fourth-order valence-electron chi connectivity index (χ4n) is 4.80. The highest BCUT2D eigenvalue weighted by molar-refractivity contribution is 7.58. The average molecular weight is 560 g/mol. The topological polar surface area (TPSA) is 185 Å². The van der Waals surface area contributed by atoms with E-state index in [9.17, 15) is 33.7 Å². The lowest BCUT2D eigenvalue weighted by Gasteiger charge is -2.34. The lowest BCUT2D eigenvalue weighted by atomic mass is 9.87. The molecule has 0 aliphatic heterocycles. The molecule has 0 radical (unpaired) electrons. The number of hydrogen-bond acceptors (Lipinski definition) is 6. The number of nitrogens with two attached hydrogens (primary N) is 1. The van der Waals surface area contributed by atoms with Crippen LogP contribution in [0.15, 0.2) is 60.7 Å². The van der Waals surface area contributed by atoms with Crippen molar-refractivity contribution in [1.82, 2.24) is 10.6 Å². The van der Waals surface area contributed by atoms with Crippen LogP contribution in [0.2, 0.25) is 0 Å². The number of aliphatic carboxylic acids is 1. The molecule has 2 aromatic carbocycles. The zero-order valence-corrected chi connectivity index (χ0v) is 22.3. The van der Waals surface area contributed by atoms with E-state index >= 15 is 0 Å². The second-order valence-corrected chi connectivity index (χ2v) is 12.3. The maximum absolute atomic E-state index is 13.9. The summed E-state index contributed by atoms with van der Waals surface area (Å²) in [6.45, 7) is -0.0384. The molecular weight excluding hydrogens is 525 g/mol. The molecule has 39 heavy (non-hydrogen) atoms. The second-order valence-electron chi connectivity index (χ2n) is 9.85. The van der Waals surface area contributed by atoms with E-state index < -0.39 is 61.1 Å². The molecule has 0 heterocycles. The van der Waals surface area contributed by atoms with Gasteiger partial charge in [-0.25, -0.2) is 9.59 Å². The number of rotatable bonds is 13. The van der Waals surface area contributed by atoms with E-state index in [2.05, 4.69) is 10.6 Å². The summed E-state index contributed by atoms with van der Waals surface area (Å²) >= 11 is 0. The minimum atomic E-state index is -4.29. The number of carbonyl (C=O) groups excluding carboxylic acids is 3. The number of benzene rings is 2. The number of alkyl carbamates (subject to hydrolysis) is 1. The first-order valence-corrected chi connectivity index (χ1v) is 14.6. The quantitative estimate of drug-likeness (QED) is 0.232. The summed E-state index contributed by atoms with van der Waals surface area (Å²) in [4.78, 5) is 60.3. The van der Waals surface area contributed by atoms with E-state index in [0.717, 1.165) is 5.56 Å². The molecular formula is C27H34N3O8P. The van der Waals surface area contributed by atoms with Gasteiger partial charge in [-0.3, -0.25) is 14.2 Å². The van der Waals surface area contributed by atoms with Crippen LogP contribution in [0.5, 0.6) is 0 Å². The molecule has 0 saturated heterocycles. The van der Waals surface area contributed by atoms with Gasteiger partial charge in [0.05, 0.1) is 11.8 Å². The van der Waals surface area contributed by atoms with E-state index in [1.165, 1.54) is 0 Å². The Morgan fingerprint density at radius 2 is 1.51 bits per heavy atom. The first-order valence-electron chi connectivity index (χ1n) is 12.7. The van der Waals surface area contributed by atoms with Crippen molar-refractivity contribution in [3.8, 4) is 0 Å². The molecule has 1 aliphatic rings. The van der Waals surface area contributed by atoms with Gasteiger partial charge in [-0.1, -0.05) is 73.5 Å². The van der Waals surface area contributed by atoms with Gasteiger partial charge in [0.2, 0.25) is 19.2 Å². The van der Waals surface area contributed by atoms with Crippen LogP contribution in [0.25, 0.3) is 0 Å². The molecule has 3 rings (SSSR count). The second kappa shape index (κ2) is 13.4. The predicted octanol–water partition coefficient (Wildman–Crippen LogP) is 2.76. The van der Waals surface area contributed by atoms with Crippen LogP contribution < -0.4 is 16.4 Å². The molecule has 1 saturated carbocycles. The van der Waals surface area contributed by atoms with Crippen LogP contribution in [0.4, 0.5) is 4.79 Å². The maximum atomic E-state index is 13.9. The Labute approximate surface area is 226 Å². The van der Waals surface area contributed by atoms with Gasteiger partial charge < -0.3 is 31.1 Å². The number of carboxylic acids is 1. The molecule has 3 atom stereocenters. The van der Waals surface area contributed by atoms with Gasteiger partial charge in [-0.15, -0.1) is 0 Å². The van der Waals surface area contributed by atoms with Crippen molar-refractivity contribution in [2.75, 3.05) is 6.16 Å². The molecule has 1 unspecified atom stereocenters. The molecule has 0 spiro atoms. The first-order chi connectivity index (χ1) is 18.5. The van der Waals surface area contributed by atoms with Gasteiger partial charge in [0.15, 0.2) is 0 Å². The molecule has 0 aromatic heterocycles. The zero-order valence-electron chi connectivity index (χ0n) is 21.5. The molecule has 11 nitrogen and oxygen atoms in total. The van der Waals surface area contributed by atoms with Gasteiger partial charge in [-0.2, -0.15) is 0 Å². The Morgan fingerprint density at radius 1 is 0.949 bits per heavy atom. The van der Waals surface area contributed by atoms with Crippen molar-refractivity contribution in [3.63, 3.8) is 0 Å². The molecule has 210 valence electrons. The predicted molar refractivity (Wildman–Crippen MR) is 143 cm³/mol. The van der Waals surface area contributed by atoms with Crippen LogP contribution in [0.3, 0.4) is 0 Å². The monoisotopic (exact) mass is 559 g/mol. The van der Waals surface area contributed by atoms with Crippen LogP contribution in [0, 0.1) is 5.41 Å². The Kier molecular flexibility index (Phi) is 10.3. The summed E-state index contributed by atoms with van der Waals surface area (Å²) in [5.74, 6) is -4.34. The minimum Gasteiger partial charge on any atom is -0.480 e. The van der Waals surface area contributed by atoms with Crippen molar-refractivity contribution in [3.05, 3.63) is 71.8 Å². The summed E-state index contributed by atoms with van der Waals surface area (Å²) in [6.07, 6.45) is -0.276. The molecule has 6 N–H and O–H groups in total. The van der Waals surface area contributed by atoms with Crippen LogP contribution in [0.1, 0.15) is 43.2 Å². The Balaban J connectivity index is 1.81. The number of amides is 3. The third-order valence-corrected chi connectivity index (χ3v) is 9.18. The molecule has 3 amide bonds. The third kappa shape index (κ3) is 8.66. The van der Waals surface area contributed by atoms with Crippen molar-refractivity contribution in [1.29, 1.82) is 0 Å². The largest absolute Gasteiger partial charge is 0.480 e. The number of ether oxygens (including phenoxy) is 1.